The van der Waals surface area contributed by atoms with E-state index in [0.717, 1.165) is 22.6 Å². The van der Waals surface area contributed by atoms with E-state index in [1.165, 1.54) is 0 Å². The molecule has 0 spiro atoms. The first-order valence-corrected chi connectivity index (χ1v) is 6.80. The molecule has 0 aliphatic rings. The van der Waals surface area contributed by atoms with Crippen molar-refractivity contribution in [3.05, 3.63) is 24.0 Å². The average Bonchev–Trinajstić information content (AvgIpc) is 2.78. The van der Waals surface area contributed by atoms with Crippen LogP contribution in [0.2, 0.25) is 0 Å². The third-order valence-electron chi connectivity index (χ3n) is 3.00. The quantitative estimate of drug-likeness (QED) is 0.825. The van der Waals surface area contributed by atoms with Gasteiger partial charge in [0.25, 0.3) is 0 Å². The number of ether oxygens (including phenoxy) is 1. The number of H-pyrrole nitrogens is 1. The smallest absolute Gasteiger partial charge is 0.121 e. The van der Waals surface area contributed by atoms with Gasteiger partial charge in [-0.1, -0.05) is 33.0 Å². The lowest BCUT2D eigenvalue weighted by molar-refractivity contribution is 0.294. The summed E-state index contributed by atoms with van der Waals surface area (Å²) in [5.74, 6) is 2.24. The summed E-state index contributed by atoms with van der Waals surface area (Å²) in [7, 11) is 0. The van der Waals surface area contributed by atoms with Gasteiger partial charge in [-0.25, -0.2) is 4.98 Å². The number of thiocarbonyl (C=S) groups is 1. The Hall–Kier alpha value is -1.62. The van der Waals surface area contributed by atoms with E-state index < -0.39 is 0 Å². The molecule has 1 aromatic carbocycles. The molecule has 3 N–H and O–H groups in total. The molecule has 19 heavy (non-hydrogen) atoms. The molecule has 4 nitrogen and oxygen atoms in total. The van der Waals surface area contributed by atoms with Crippen LogP contribution in [0.5, 0.6) is 5.75 Å². The van der Waals surface area contributed by atoms with Gasteiger partial charge in [0.05, 0.1) is 22.6 Å². The van der Waals surface area contributed by atoms with Gasteiger partial charge in [-0.15, -0.1) is 0 Å². The topological polar surface area (TPSA) is 63.9 Å². The highest BCUT2D eigenvalue weighted by Gasteiger charge is 2.09. The lowest BCUT2D eigenvalue weighted by Gasteiger charge is -2.11. The van der Waals surface area contributed by atoms with Crippen molar-refractivity contribution in [2.24, 2.45) is 11.7 Å². The molecule has 2 aromatic rings. The first-order chi connectivity index (χ1) is 8.97. The second-order valence-electron chi connectivity index (χ2n) is 5.07. The van der Waals surface area contributed by atoms with E-state index in [1.807, 2.05) is 25.1 Å². The van der Waals surface area contributed by atoms with Crippen LogP contribution in [-0.2, 0) is 0 Å². The molecule has 0 amide bonds. The van der Waals surface area contributed by atoms with Crippen molar-refractivity contribution >= 4 is 28.2 Å². The standard InChI is InChI=1S/C14H19N3OS/c1-8(2)14-16-11-5-4-10(6-12(11)17-14)18-7-9(3)13(15)19/h4-6,8-9H,7H2,1-3H3,(H2,15,19)(H,16,17). The van der Waals surface area contributed by atoms with Gasteiger partial charge in [-0.3, -0.25) is 0 Å². The van der Waals surface area contributed by atoms with Crippen LogP contribution in [0.4, 0.5) is 0 Å². The van der Waals surface area contributed by atoms with Gasteiger partial charge in [-0.2, -0.15) is 0 Å². The second kappa shape index (κ2) is 5.57. The molecule has 0 aliphatic carbocycles. The van der Waals surface area contributed by atoms with Crippen molar-refractivity contribution in [2.45, 2.75) is 26.7 Å². The molecule has 102 valence electrons. The van der Waals surface area contributed by atoms with Crippen molar-refractivity contribution < 1.29 is 4.74 Å². The van der Waals surface area contributed by atoms with Gasteiger partial charge in [-0.05, 0) is 12.1 Å². The lowest BCUT2D eigenvalue weighted by atomic mass is 10.2. The number of aromatic nitrogens is 2. The molecule has 0 bridgehead atoms. The van der Waals surface area contributed by atoms with Crippen LogP contribution in [0.25, 0.3) is 11.0 Å². The first kappa shape index (κ1) is 13.8. The molecule has 2 rings (SSSR count). The second-order valence-corrected chi connectivity index (χ2v) is 5.54. The van der Waals surface area contributed by atoms with Crippen molar-refractivity contribution in [1.82, 2.24) is 9.97 Å². The van der Waals surface area contributed by atoms with Crippen molar-refractivity contribution in [3.63, 3.8) is 0 Å². The number of benzene rings is 1. The summed E-state index contributed by atoms with van der Waals surface area (Å²) in [6, 6.07) is 5.83. The van der Waals surface area contributed by atoms with Crippen LogP contribution in [0.3, 0.4) is 0 Å². The Kier molecular flexibility index (Phi) is 4.04. The normalized spacial score (nSPS) is 12.8. The highest BCUT2D eigenvalue weighted by Crippen LogP contribution is 2.22. The predicted molar refractivity (Wildman–Crippen MR) is 81.6 cm³/mol. The number of aromatic amines is 1. The summed E-state index contributed by atoms with van der Waals surface area (Å²) >= 11 is 4.92. The molecule has 1 atom stereocenters. The average molecular weight is 277 g/mol. The number of nitrogens with zero attached hydrogens (tertiary/aromatic N) is 1. The minimum Gasteiger partial charge on any atom is -0.493 e. The first-order valence-electron chi connectivity index (χ1n) is 6.39. The zero-order valence-corrected chi connectivity index (χ0v) is 12.3. The predicted octanol–water partition coefficient (Wildman–Crippen LogP) is 2.99. The van der Waals surface area contributed by atoms with Gasteiger partial charge < -0.3 is 15.5 Å². The van der Waals surface area contributed by atoms with Crippen LogP contribution in [-0.4, -0.2) is 21.6 Å². The zero-order valence-electron chi connectivity index (χ0n) is 11.4. The Morgan fingerprint density at radius 2 is 2.16 bits per heavy atom. The van der Waals surface area contributed by atoms with Crippen LogP contribution in [0, 0.1) is 5.92 Å². The Bertz CT molecular complexity index is 591. The lowest BCUT2D eigenvalue weighted by Crippen LogP contribution is -2.23. The van der Waals surface area contributed by atoms with Gasteiger partial charge in [0.15, 0.2) is 0 Å². The van der Waals surface area contributed by atoms with E-state index in [4.69, 9.17) is 22.7 Å². The van der Waals surface area contributed by atoms with E-state index >= 15 is 0 Å². The molecule has 5 heteroatoms. The van der Waals surface area contributed by atoms with E-state index in [1.54, 1.807) is 0 Å². The van der Waals surface area contributed by atoms with Gasteiger partial charge in [0.2, 0.25) is 0 Å². The SMILES string of the molecule is CC(COc1ccc2nc(C(C)C)[nH]c2c1)C(N)=S. The Morgan fingerprint density at radius 1 is 1.42 bits per heavy atom. The number of fused-ring (bicyclic) bond motifs is 1. The molecule has 0 aliphatic heterocycles. The van der Waals surface area contributed by atoms with Crippen LogP contribution < -0.4 is 10.5 Å². The van der Waals surface area contributed by atoms with E-state index in [2.05, 4.69) is 23.8 Å². The van der Waals surface area contributed by atoms with Crippen LogP contribution >= 0.6 is 12.2 Å². The monoisotopic (exact) mass is 277 g/mol. The van der Waals surface area contributed by atoms with E-state index in [9.17, 15) is 0 Å². The Morgan fingerprint density at radius 3 is 2.79 bits per heavy atom. The molecule has 0 radical (unpaired) electrons. The van der Waals surface area contributed by atoms with Gasteiger partial charge >= 0.3 is 0 Å². The van der Waals surface area contributed by atoms with Gasteiger partial charge in [0, 0.05) is 17.9 Å². The summed E-state index contributed by atoms with van der Waals surface area (Å²) in [6.45, 7) is 6.66. The zero-order chi connectivity index (χ0) is 14.0. The summed E-state index contributed by atoms with van der Waals surface area (Å²) in [5, 5.41) is 0. The minimum absolute atomic E-state index is 0.0682. The van der Waals surface area contributed by atoms with Crippen molar-refractivity contribution in [3.8, 4) is 5.75 Å². The fraction of sp³-hybridized carbons (Fsp3) is 0.429. The summed E-state index contributed by atoms with van der Waals surface area (Å²) < 4.78 is 5.69. The maximum absolute atomic E-state index is 5.69. The number of rotatable bonds is 5. The molecule has 0 saturated carbocycles. The Labute approximate surface area is 118 Å². The molecule has 1 heterocycles. The number of nitrogens with one attached hydrogen (secondary N) is 1. The number of hydrogen-bond acceptors (Lipinski definition) is 3. The molecule has 0 fully saturated rings. The summed E-state index contributed by atoms with van der Waals surface area (Å²) in [6.07, 6.45) is 0. The van der Waals surface area contributed by atoms with Gasteiger partial charge in [0.1, 0.15) is 11.6 Å². The van der Waals surface area contributed by atoms with Crippen LogP contribution in [0.1, 0.15) is 32.5 Å². The molecule has 1 unspecified atom stereocenters. The third kappa shape index (κ3) is 3.23. The van der Waals surface area contributed by atoms with E-state index in [0.29, 0.717) is 17.5 Å². The van der Waals surface area contributed by atoms with E-state index in [-0.39, 0.29) is 5.92 Å². The maximum Gasteiger partial charge on any atom is 0.121 e. The Balaban J connectivity index is 2.15. The largest absolute Gasteiger partial charge is 0.493 e. The summed E-state index contributed by atoms with van der Waals surface area (Å²) in [4.78, 5) is 8.31. The number of nitrogens with two attached hydrogens (primary N) is 1. The molecular formula is C14H19N3OS. The fourth-order valence-electron chi connectivity index (χ4n) is 1.68. The molecular weight excluding hydrogens is 258 g/mol. The highest BCUT2D eigenvalue weighted by molar-refractivity contribution is 7.80. The minimum atomic E-state index is 0.0682. The van der Waals surface area contributed by atoms with Crippen LogP contribution in [0.15, 0.2) is 18.2 Å². The third-order valence-corrected chi connectivity index (χ3v) is 3.41. The van der Waals surface area contributed by atoms with Crippen molar-refractivity contribution in [1.29, 1.82) is 0 Å². The molecule has 1 aromatic heterocycles. The highest BCUT2D eigenvalue weighted by atomic mass is 32.1. The maximum atomic E-state index is 5.69. The number of imidazole rings is 1. The molecule has 0 saturated heterocycles. The summed E-state index contributed by atoms with van der Waals surface area (Å²) in [5.41, 5.74) is 7.51. The van der Waals surface area contributed by atoms with Crippen molar-refractivity contribution in [2.75, 3.05) is 6.61 Å². The number of hydrogen-bond donors (Lipinski definition) is 2. The fourth-order valence-corrected chi connectivity index (χ4v) is 1.74.